The molecule has 28 heavy (non-hydrogen) atoms. The molecule has 0 aliphatic carbocycles. The average molecular weight is 525 g/mol. The minimum absolute atomic E-state index is 0. The highest BCUT2D eigenvalue weighted by Crippen LogP contribution is 2.26. The maximum Gasteiger partial charge on any atom is 0.191 e. The molecule has 162 valence electrons. The molecule has 0 saturated carbocycles. The number of thiophene rings is 1. The SMILES string of the molecule is CN=C(NCCCOCC(C)C)NCC(c1cccs1)N1CCOC(C)C1.I. The second kappa shape index (κ2) is 14.5. The van der Waals surface area contributed by atoms with Crippen molar-refractivity contribution < 1.29 is 9.47 Å². The van der Waals surface area contributed by atoms with E-state index < -0.39 is 0 Å². The number of halogens is 1. The summed E-state index contributed by atoms with van der Waals surface area (Å²) in [6.07, 6.45) is 1.26. The average Bonchev–Trinajstić information content (AvgIpc) is 3.17. The van der Waals surface area contributed by atoms with Crippen molar-refractivity contribution in [3.8, 4) is 0 Å². The maximum absolute atomic E-state index is 5.72. The Balaban J connectivity index is 0.00000392. The molecule has 6 nitrogen and oxygen atoms in total. The van der Waals surface area contributed by atoms with E-state index in [1.807, 2.05) is 18.4 Å². The summed E-state index contributed by atoms with van der Waals surface area (Å²) in [6.45, 7) is 12.5. The summed E-state index contributed by atoms with van der Waals surface area (Å²) in [5, 5.41) is 9.04. The highest BCUT2D eigenvalue weighted by Gasteiger charge is 2.26. The maximum atomic E-state index is 5.72. The third kappa shape index (κ3) is 9.39. The van der Waals surface area contributed by atoms with Crippen molar-refractivity contribution in [2.24, 2.45) is 10.9 Å². The Morgan fingerprint density at radius 3 is 2.89 bits per heavy atom. The van der Waals surface area contributed by atoms with Gasteiger partial charge in [-0.25, -0.2) is 0 Å². The molecule has 2 N–H and O–H groups in total. The lowest BCUT2D eigenvalue weighted by molar-refractivity contribution is -0.0334. The van der Waals surface area contributed by atoms with Crippen molar-refractivity contribution in [1.29, 1.82) is 0 Å². The number of hydrogen-bond acceptors (Lipinski definition) is 5. The van der Waals surface area contributed by atoms with Crippen molar-refractivity contribution in [2.75, 3.05) is 53.0 Å². The molecule has 0 bridgehead atoms. The van der Waals surface area contributed by atoms with Gasteiger partial charge in [-0.3, -0.25) is 9.89 Å². The molecule has 1 aromatic heterocycles. The lowest BCUT2D eigenvalue weighted by atomic mass is 10.1. The van der Waals surface area contributed by atoms with E-state index in [-0.39, 0.29) is 30.1 Å². The minimum atomic E-state index is 0. The molecule has 1 saturated heterocycles. The quantitative estimate of drug-likeness (QED) is 0.213. The molecular weight excluding hydrogens is 487 g/mol. The first-order valence-corrected chi connectivity index (χ1v) is 10.9. The third-order valence-electron chi connectivity index (χ3n) is 4.48. The molecule has 0 amide bonds. The van der Waals surface area contributed by atoms with Crippen LogP contribution in [0.15, 0.2) is 22.5 Å². The van der Waals surface area contributed by atoms with Crippen LogP contribution < -0.4 is 10.6 Å². The lowest BCUT2D eigenvalue weighted by Gasteiger charge is -2.37. The summed E-state index contributed by atoms with van der Waals surface area (Å²) in [4.78, 5) is 8.26. The summed E-state index contributed by atoms with van der Waals surface area (Å²) < 4.78 is 11.3. The van der Waals surface area contributed by atoms with Gasteiger partial charge in [-0.15, -0.1) is 35.3 Å². The number of hydrogen-bond donors (Lipinski definition) is 2. The fourth-order valence-electron chi connectivity index (χ4n) is 3.13. The van der Waals surface area contributed by atoms with Crippen LogP contribution in [0.3, 0.4) is 0 Å². The fourth-order valence-corrected chi connectivity index (χ4v) is 3.99. The Labute approximate surface area is 191 Å². The molecule has 0 radical (unpaired) electrons. The van der Waals surface area contributed by atoms with Gasteiger partial charge in [-0.05, 0) is 30.7 Å². The molecule has 0 aromatic carbocycles. The summed E-state index contributed by atoms with van der Waals surface area (Å²) in [6, 6.07) is 4.69. The molecule has 1 aliphatic rings. The van der Waals surface area contributed by atoms with Crippen molar-refractivity contribution in [1.82, 2.24) is 15.5 Å². The Kier molecular flexibility index (Phi) is 13.3. The predicted molar refractivity (Wildman–Crippen MR) is 129 cm³/mol. The molecular formula is C20H37IN4O2S. The van der Waals surface area contributed by atoms with Crippen molar-refractivity contribution in [2.45, 2.75) is 39.3 Å². The first-order valence-electron chi connectivity index (χ1n) is 10.0. The van der Waals surface area contributed by atoms with E-state index in [2.05, 4.69) is 58.8 Å². The molecule has 2 heterocycles. The second-order valence-electron chi connectivity index (χ2n) is 7.41. The zero-order valence-corrected chi connectivity index (χ0v) is 20.8. The Hall–Kier alpha value is -0.420. The normalized spacial score (nSPS) is 19.3. The van der Waals surface area contributed by atoms with E-state index >= 15 is 0 Å². The zero-order chi connectivity index (χ0) is 19.5. The molecule has 1 fully saturated rings. The first kappa shape index (κ1) is 25.6. The third-order valence-corrected chi connectivity index (χ3v) is 5.45. The van der Waals surface area contributed by atoms with Crippen LogP contribution in [0.5, 0.6) is 0 Å². The van der Waals surface area contributed by atoms with Crippen LogP contribution in [-0.2, 0) is 9.47 Å². The van der Waals surface area contributed by atoms with Gasteiger partial charge >= 0.3 is 0 Å². The van der Waals surface area contributed by atoms with Crippen LogP contribution in [0, 0.1) is 5.92 Å². The Bertz CT molecular complexity index is 542. The smallest absolute Gasteiger partial charge is 0.191 e. The van der Waals surface area contributed by atoms with Crippen LogP contribution in [0.1, 0.15) is 38.1 Å². The zero-order valence-electron chi connectivity index (χ0n) is 17.6. The minimum Gasteiger partial charge on any atom is -0.381 e. The van der Waals surface area contributed by atoms with Gasteiger partial charge in [-0.2, -0.15) is 0 Å². The van der Waals surface area contributed by atoms with Crippen LogP contribution in [0.2, 0.25) is 0 Å². The van der Waals surface area contributed by atoms with Crippen molar-refractivity contribution in [3.05, 3.63) is 22.4 Å². The highest BCUT2D eigenvalue weighted by atomic mass is 127. The summed E-state index contributed by atoms with van der Waals surface area (Å²) in [5.41, 5.74) is 0. The van der Waals surface area contributed by atoms with Gasteiger partial charge in [0.25, 0.3) is 0 Å². The molecule has 2 atom stereocenters. The van der Waals surface area contributed by atoms with E-state index in [1.54, 1.807) is 0 Å². The molecule has 2 unspecified atom stereocenters. The lowest BCUT2D eigenvalue weighted by Crippen LogP contribution is -2.48. The van der Waals surface area contributed by atoms with Crippen molar-refractivity contribution >= 4 is 41.3 Å². The number of nitrogens with zero attached hydrogens (tertiary/aromatic N) is 2. The van der Waals surface area contributed by atoms with Crippen LogP contribution >= 0.6 is 35.3 Å². The van der Waals surface area contributed by atoms with Gasteiger partial charge in [0.05, 0.1) is 18.8 Å². The number of aliphatic imine (C=N–C) groups is 1. The van der Waals surface area contributed by atoms with E-state index in [1.165, 1.54) is 4.88 Å². The number of nitrogens with one attached hydrogen (secondary N) is 2. The number of ether oxygens (including phenoxy) is 2. The predicted octanol–water partition coefficient (Wildman–Crippen LogP) is 3.36. The van der Waals surface area contributed by atoms with Gasteiger partial charge in [0.15, 0.2) is 5.96 Å². The molecule has 1 aliphatic heterocycles. The number of morpholine rings is 1. The molecule has 8 heteroatoms. The largest absolute Gasteiger partial charge is 0.381 e. The summed E-state index contributed by atoms with van der Waals surface area (Å²) >= 11 is 1.82. The number of guanidine groups is 1. The molecule has 1 aromatic rings. The van der Waals surface area contributed by atoms with Crippen LogP contribution in [0.4, 0.5) is 0 Å². The van der Waals surface area contributed by atoms with Crippen molar-refractivity contribution in [3.63, 3.8) is 0 Å². The summed E-state index contributed by atoms with van der Waals surface area (Å²) in [7, 11) is 1.82. The Morgan fingerprint density at radius 2 is 2.25 bits per heavy atom. The van der Waals surface area contributed by atoms with E-state index in [9.17, 15) is 0 Å². The van der Waals surface area contributed by atoms with Crippen LogP contribution in [-0.4, -0.2) is 70.0 Å². The molecule has 0 spiro atoms. The van der Waals surface area contributed by atoms with Crippen LogP contribution in [0.25, 0.3) is 0 Å². The van der Waals surface area contributed by atoms with Gasteiger partial charge in [-0.1, -0.05) is 19.9 Å². The highest BCUT2D eigenvalue weighted by molar-refractivity contribution is 14.0. The van der Waals surface area contributed by atoms with Gasteiger partial charge in [0.2, 0.25) is 0 Å². The Morgan fingerprint density at radius 1 is 1.43 bits per heavy atom. The van der Waals surface area contributed by atoms with E-state index in [0.29, 0.717) is 12.0 Å². The molecule has 2 rings (SSSR count). The van der Waals surface area contributed by atoms with Gasteiger partial charge < -0.3 is 20.1 Å². The second-order valence-corrected chi connectivity index (χ2v) is 8.39. The topological polar surface area (TPSA) is 58.1 Å². The van der Waals surface area contributed by atoms with E-state index in [0.717, 1.165) is 58.4 Å². The monoisotopic (exact) mass is 524 g/mol. The van der Waals surface area contributed by atoms with E-state index in [4.69, 9.17) is 9.47 Å². The van der Waals surface area contributed by atoms with Gasteiger partial charge in [0, 0.05) is 51.3 Å². The fraction of sp³-hybridized carbons (Fsp3) is 0.750. The standard InChI is InChI=1S/C20H36N4O2S.HI/c1-16(2)15-25-10-6-8-22-20(21-4)23-13-18(19-7-5-12-27-19)24-9-11-26-17(3)14-24;/h5,7,12,16-18H,6,8-11,13-15H2,1-4H3,(H2,21,22,23);1H. The number of rotatable bonds is 10. The van der Waals surface area contributed by atoms with Gasteiger partial charge in [0.1, 0.15) is 0 Å². The first-order chi connectivity index (χ1) is 13.1. The summed E-state index contributed by atoms with van der Waals surface area (Å²) in [5.74, 6) is 1.44.